The van der Waals surface area contributed by atoms with Crippen molar-refractivity contribution >= 4 is 5.97 Å². The third kappa shape index (κ3) is 5.17. The first-order chi connectivity index (χ1) is 6.60. The van der Waals surface area contributed by atoms with Gasteiger partial charge in [-0.05, 0) is 41.2 Å². The van der Waals surface area contributed by atoms with Crippen LogP contribution in [-0.2, 0) is 9.53 Å². The molecule has 0 saturated heterocycles. The molecule has 90 valence electrons. The Morgan fingerprint density at radius 3 is 2.07 bits per heavy atom. The van der Waals surface area contributed by atoms with E-state index in [2.05, 4.69) is 5.32 Å². The standard InChI is InChI=1S/C12H25NO2/c1-8-13-12(6,7)9(2)10(14)15-11(3,4)5/h9,13H,8H2,1-7H3/t9-/m0/s1. The van der Waals surface area contributed by atoms with Gasteiger partial charge in [0.05, 0.1) is 5.92 Å². The Morgan fingerprint density at radius 2 is 1.73 bits per heavy atom. The first-order valence-electron chi connectivity index (χ1n) is 5.58. The normalized spacial score (nSPS) is 14.9. The summed E-state index contributed by atoms with van der Waals surface area (Å²) in [5.74, 6) is -0.301. The van der Waals surface area contributed by atoms with Crippen molar-refractivity contribution in [2.75, 3.05) is 6.54 Å². The molecule has 0 heterocycles. The molecule has 0 rings (SSSR count). The van der Waals surface area contributed by atoms with Crippen molar-refractivity contribution < 1.29 is 9.53 Å². The lowest BCUT2D eigenvalue weighted by molar-refractivity contribution is -0.161. The Morgan fingerprint density at radius 1 is 1.27 bits per heavy atom. The fraction of sp³-hybridized carbons (Fsp3) is 0.917. The molecule has 15 heavy (non-hydrogen) atoms. The molecule has 1 N–H and O–H groups in total. The van der Waals surface area contributed by atoms with Crippen molar-refractivity contribution in [1.29, 1.82) is 0 Å². The second-order valence-corrected chi connectivity index (χ2v) is 5.51. The van der Waals surface area contributed by atoms with E-state index in [0.717, 1.165) is 6.54 Å². The second kappa shape index (κ2) is 4.97. The van der Waals surface area contributed by atoms with Crippen molar-refractivity contribution in [2.45, 2.75) is 59.6 Å². The lowest BCUT2D eigenvalue weighted by Crippen LogP contribution is -2.49. The lowest BCUT2D eigenvalue weighted by Gasteiger charge is -2.33. The summed E-state index contributed by atoms with van der Waals surface area (Å²) in [5.41, 5.74) is -0.634. The topological polar surface area (TPSA) is 38.3 Å². The summed E-state index contributed by atoms with van der Waals surface area (Å²) in [6.07, 6.45) is 0. The van der Waals surface area contributed by atoms with Crippen LogP contribution in [-0.4, -0.2) is 23.7 Å². The van der Waals surface area contributed by atoms with Gasteiger partial charge in [0.15, 0.2) is 0 Å². The molecule has 0 aliphatic rings. The molecule has 1 atom stereocenters. The van der Waals surface area contributed by atoms with Gasteiger partial charge in [-0.3, -0.25) is 4.79 Å². The SMILES string of the molecule is CCNC(C)(C)[C@@H](C)C(=O)OC(C)(C)C. The summed E-state index contributed by atoms with van der Waals surface area (Å²) in [6, 6.07) is 0. The van der Waals surface area contributed by atoms with Crippen LogP contribution in [0.25, 0.3) is 0 Å². The van der Waals surface area contributed by atoms with Crippen molar-refractivity contribution in [3.05, 3.63) is 0 Å². The number of carbonyl (C=O) groups is 1. The van der Waals surface area contributed by atoms with Crippen LogP contribution in [0.1, 0.15) is 48.5 Å². The summed E-state index contributed by atoms with van der Waals surface area (Å²) in [4.78, 5) is 11.8. The molecule has 3 heteroatoms. The van der Waals surface area contributed by atoms with E-state index in [0.29, 0.717) is 0 Å². The van der Waals surface area contributed by atoms with Gasteiger partial charge in [0, 0.05) is 5.54 Å². The summed E-state index contributed by atoms with van der Waals surface area (Å²) in [7, 11) is 0. The largest absolute Gasteiger partial charge is 0.460 e. The molecule has 0 aromatic carbocycles. The highest BCUT2D eigenvalue weighted by atomic mass is 16.6. The fourth-order valence-corrected chi connectivity index (χ4v) is 1.29. The smallest absolute Gasteiger partial charge is 0.311 e. The maximum Gasteiger partial charge on any atom is 0.311 e. The second-order valence-electron chi connectivity index (χ2n) is 5.51. The maximum absolute atomic E-state index is 11.8. The number of hydrogen-bond acceptors (Lipinski definition) is 3. The molecule has 0 amide bonds. The van der Waals surface area contributed by atoms with E-state index in [-0.39, 0.29) is 17.4 Å². The van der Waals surface area contributed by atoms with E-state index in [1.807, 2.05) is 48.5 Å². The number of esters is 1. The molecular formula is C12H25NO2. The zero-order valence-corrected chi connectivity index (χ0v) is 11.1. The summed E-state index contributed by atoms with van der Waals surface area (Å²) in [6.45, 7) is 14.5. The average Bonchev–Trinajstić information content (AvgIpc) is 1.99. The molecule has 0 aromatic heterocycles. The van der Waals surface area contributed by atoms with E-state index in [1.54, 1.807) is 0 Å². The fourth-order valence-electron chi connectivity index (χ4n) is 1.29. The molecule has 0 fully saturated rings. The van der Waals surface area contributed by atoms with Gasteiger partial charge in [-0.2, -0.15) is 0 Å². The Hall–Kier alpha value is -0.570. The highest BCUT2D eigenvalue weighted by Crippen LogP contribution is 2.20. The highest BCUT2D eigenvalue weighted by Gasteiger charge is 2.33. The number of rotatable bonds is 4. The minimum absolute atomic E-state index is 0.145. The van der Waals surface area contributed by atoms with Gasteiger partial charge in [0.25, 0.3) is 0 Å². The Balaban J connectivity index is 4.44. The predicted molar refractivity (Wildman–Crippen MR) is 62.8 cm³/mol. The Labute approximate surface area is 93.6 Å². The molecule has 0 bridgehead atoms. The number of nitrogens with one attached hydrogen (secondary N) is 1. The third-order valence-electron chi connectivity index (χ3n) is 2.48. The molecular weight excluding hydrogens is 190 g/mol. The van der Waals surface area contributed by atoms with Crippen LogP contribution in [0.15, 0.2) is 0 Å². The molecule has 0 aliphatic carbocycles. The Bertz CT molecular complexity index is 216. The quantitative estimate of drug-likeness (QED) is 0.732. The third-order valence-corrected chi connectivity index (χ3v) is 2.48. The van der Waals surface area contributed by atoms with Gasteiger partial charge in [0.1, 0.15) is 5.60 Å². The highest BCUT2D eigenvalue weighted by molar-refractivity contribution is 5.74. The zero-order chi connectivity index (χ0) is 12.3. The average molecular weight is 215 g/mol. The zero-order valence-electron chi connectivity index (χ0n) is 11.1. The molecule has 0 saturated carbocycles. The van der Waals surface area contributed by atoms with Crippen LogP contribution in [0, 0.1) is 5.92 Å². The van der Waals surface area contributed by atoms with Crippen LogP contribution in [0.5, 0.6) is 0 Å². The molecule has 0 aromatic rings. The van der Waals surface area contributed by atoms with E-state index in [1.165, 1.54) is 0 Å². The van der Waals surface area contributed by atoms with Crippen LogP contribution in [0.3, 0.4) is 0 Å². The number of carbonyl (C=O) groups excluding carboxylic acids is 1. The minimum Gasteiger partial charge on any atom is -0.460 e. The van der Waals surface area contributed by atoms with Gasteiger partial charge >= 0.3 is 5.97 Å². The van der Waals surface area contributed by atoms with E-state index in [4.69, 9.17) is 4.74 Å². The van der Waals surface area contributed by atoms with Gasteiger partial charge in [-0.1, -0.05) is 13.8 Å². The first kappa shape index (κ1) is 14.4. The molecule has 0 aliphatic heterocycles. The van der Waals surface area contributed by atoms with Gasteiger partial charge in [-0.25, -0.2) is 0 Å². The van der Waals surface area contributed by atoms with Crippen LogP contribution in [0.4, 0.5) is 0 Å². The van der Waals surface area contributed by atoms with Crippen molar-refractivity contribution in [3.63, 3.8) is 0 Å². The van der Waals surface area contributed by atoms with Crippen LogP contribution < -0.4 is 5.32 Å². The van der Waals surface area contributed by atoms with Crippen molar-refractivity contribution in [3.8, 4) is 0 Å². The van der Waals surface area contributed by atoms with Gasteiger partial charge < -0.3 is 10.1 Å². The summed E-state index contributed by atoms with van der Waals surface area (Å²) < 4.78 is 5.35. The van der Waals surface area contributed by atoms with Crippen molar-refractivity contribution in [2.24, 2.45) is 5.92 Å². The van der Waals surface area contributed by atoms with Crippen LogP contribution in [0.2, 0.25) is 0 Å². The van der Waals surface area contributed by atoms with Crippen molar-refractivity contribution in [1.82, 2.24) is 5.32 Å². The molecule has 3 nitrogen and oxygen atoms in total. The monoisotopic (exact) mass is 215 g/mol. The van der Waals surface area contributed by atoms with E-state index < -0.39 is 5.60 Å². The van der Waals surface area contributed by atoms with E-state index in [9.17, 15) is 4.79 Å². The van der Waals surface area contributed by atoms with Gasteiger partial charge in [0.2, 0.25) is 0 Å². The Kier molecular flexibility index (Phi) is 4.78. The lowest BCUT2D eigenvalue weighted by atomic mass is 9.89. The van der Waals surface area contributed by atoms with Crippen LogP contribution >= 0.6 is 0 Å². The predicted octanol–water partition coefficient (Wildman–Crippen LogP) is 2.35. The molecule has 0 spiro atoms. The molecule has 0 unspecified atom stereocenters. The first-order valence-corrected chi connectivity index (χ1v) is 5.58. The summed E-state index contributed by atoms with van der Waals surface area (Å²) >= 11 is 0. The number of hydrogen-bond donors (Lipinski definition) is 1. The van der Waals surface area contributed by atoms with E-state index >= 15 is 0 Å². The van der Waals surface area contributed by atoms with Gasteiger partial charge in [-0.15, -0.1) is 0 Å². The summed E-state index contributed by atoms with van der Waals surface area (Å²) in [5, 5.41) is 3.29. The minimum atomic E-state index is -0.409. The number of ether oxygens (including phenoxy) is 1. The maximum atomic E-state index is 11.8. The molecule has 0 radical (unpaired) electrons.